The number of aliphatic hydroxyl groups excluding tert-OH is 4. The number of rotatable bonds is 3. The Morgan fingerprint density at radius 1 is 1.38 bits per heavy atom. The summed E-state index contributed by atoms with van der Waals surface area (Å²) in [6.45, 7) is -1.14. The van der Waals surface area contributed by atoms with Gasteiger partial charge in [-0.3, -0.25) is 4.84 Å². The Morgan fingerprint density at radius 2 is 1.94 bits per heavy atom. The molecule has 1 heterocycles. The second-order valence-corrected chi connectivity index (χ2v) is 3.24. The molecule has 0 bridgehead atoms. The highest BCUT2D eigenvalue weighted by atomic mass is 17.0. The van der Waals surface area contributed by atoms with E-state index >= 15 is 0 Å². The van der Waals surface area contributed by atoms with E-state index < -0.39 is 42.1 Å². The third kappa shape index (κ3) is 2.21. The van der Waals surface area contributed by atoms with Crippen molar-refractivity contribution in [2.24, 2.45) is 0 Å². The van der Waals surface area contributed by atoms with Crippen molar-refractivity contribution in [1.29, 1.82) is 0 Å². The van der Waals surface area contributed by atoms with Crippen molar-refractivity contribution in [3.8, 4) is 0 Å². The molecule has 1 aliphatic rings. The van der Waals surface area contributed by atoms with Gasteiger partial charge < -0.3 is 30.3 Å². The average molecular weight is 241 g/mol. The van der Waals surface area contributed by atoms with Crippen molar-refractivity contribution in [1.82, 2.24) is 0 Å². The summed E-state index contributed by atoms with van der Waals surface area (Å²) >= 11 is 0. The van der Waals surface area contributed by atoms with Crippen LogP contribution in [0.25, 0.3) is 0 Å². The minimum absolute atomic E-state index is 1.14. The third-order valence-corrected chi connectivity index (χ3v) is 2.15. The Morgan fingerprint density at radius 3 is 2.38 bits per heavy atom. The van der Waals surface area contributed by atoms with Gasteiger partial charge in [0.15, 0.2) is 0 Å². The lowest BCUT2D eigenvalue weighted by atomic mass is 9.96. The normalized spacial score (nSPS) is 44.1. The molecule has 5 N–H and O–H groups in total. The first kappa shape index (κ1) is 13.0. The minimum Gasteiger partial charge on any atom is -0.391 e. The lowest BCUT2D eigenvalue weighted by molar-refractivity contribution is -0.788. The van der Waals surface area contributed by atoms with E-state index in [1.807, 2.05) is 0 Å². The highest BCUT2D eigenvalue weighted by Crippen LogP contribution is 2.28. The Bertz CT molecular complexity index is 273. The molecule has 94 valence electrons. The molecule has 0 saturated carbocycles. The Hall–Kier alpha value is -1.04. The predicted octanol–water partition coefficient (Wildman–Crippen LogP) is -3.69. The van der Waals surface area contributed by atoms with Gasteiger partial charge in [0, 0.05) is 0 Å². The van der Waals surface area contributed by atoms with Crippen molar-refractivity contribution < 1.29 is 40.2 Å². The van der Waals surface area contributed by atoms with Gasteiger partial charge in [-0.25, -0.2) is 0 Å². The largest absolute Gasteiger partial charge is 0.391 e. The molecular weight excluding hydrogens is 230 g/mol. The van der Waals surface area contributed by atoms with E-state index in [9.17, 15) is 30.5 Å². The zero-order valence-corrected chi connectivity index (χ0v) is 7.83. The zero-order valence-electron chi connectivity index (χ0n) is 7.83. The van der Waals surface area contributed by atoms with Crippen molar-refractivity contribution in [2.75, 3.05) is 6.61 Å². The lowest BCUT2D eigenvalue weighted by Crippen LogP contribution is -2.66. The van der Waals surface area contributed by atoms with Crippen LogP contribution in [-0.4, -0.2) is 67.6 Å². The molecule has 0 aromatic carbocycles. The molecule has 5 atom stereocenters. The van der Waals surface area contributed by atoms with E-state index in [0.717, 1.165) is 0 Å². The van der Waals surface area contributed by atoms with Crippen molar-refractivity contribution in [2.45, 2.75) is 30.4 Å². The summed E-state index contributed by atoms with van der Waals surface area (Å²) in [4.78, 5) is 13.8. The molecule has 10 heteroatoms. The fourth-order valence-electron chi connectivity index (χ4n) is 1.25. The summed E-state index contributed by atoms with van der Waals surface area (Å²) in [7, 11) is 0. The summed E-state index contributed by atoms with van der Waals surface area (Å²) in [6, 6.07) is 0. The van der Waals surface area contributed by atoms with Gasteiger partial charge in [-0.05, 0) is 0 Å². The van der Waals surface area contributed by atoms with Crippen LogP contribution in [0.1, 0.15) is 0 Å². The van der Waals surface area contributed by atoms with Crippen LogP contribution in [0.5, 0.6) is 0 Å². The van der Waals surface area contributed by atoms with Gasteiger partial charge in [-0.1, -0.05) is 0 Å². The van der Waals surface area contributed by atoms with Crippen molar-refractivity contribution in [3.63, 3.8) is 0 Å². The first-order valence-corrected chi connectivity index (χ1v) is 4.18. The van der Waals surface area contributed by atoms with Crippen LogP contribution in [0.3, 0.4) is 0 Å². The molecular formula is C6H11NO9. The van der Waals surface area contributed by atoms with Crippen LogP contribution in [0.4, 0.5) is 0 Å². The zero-order chi connectivity index (χ0) is 12.5. The second kappa shape index (κ2) is 4.45. The Balaban J connectivity index is 2.85. The van der Waals surface area contributed by atoms with E-state index in [4.69, 9.17) is 5.11 Å². The van der Waals surface area contributed by atoms with Gasteiger partial charge in [0.05, 0.1) is 6.61 Å². The molecule has 10 nitrogen and oxygen atoms in total. The van der Waals surface area contributed by atoms with Crippen LogP contribution in [0.2, 0.25) is 0 Å². The molecule has 0 aromatic rings. The van der Waals surface area contributed by atoms with Crippen LogP contribution in [0, 0.1) is 10.1 Å². The highest BCUT2D eigenvalue weighted by Gasteiger charge is 2.53. The molecule has 0 aliphatic carbocycles. The molecule has 1 aliphatic heterocycles. The quantitative estimate of drug-likeness (QED) is 0.247. The summed E-state index contributed by atoms with van der Waals surface area (Å²) in [5, 5.41) is 54.6. The van der Waals surface area contributed by atoms with Gasteiger partial charge in [0.1, 0.15) is 18.3 Å². The summed E-state index contributed by atoms with van der Waals surface area (Å²) in [5.74, 6) is -2.64. The minimum atomic E-state index is -2.64. The third-order valence-electron chi connectivity index (χ3n) is 2.15. The van der Waals surface area contributed by atoms with Gasteiger partial charge in [0.25, 0.3) is 5.09 Å². The molecule has 0 aromatic heterocycles. The summed E-state index contributed by atoms with van der Waals surface area (Å²) in [5.41, 5.74) is 0. The maximum atomic E-state index is 10.0. The SMILES string of the molecule is O=[N+]([O-])OC1O[C@@](O)(CO)[C@@H](O)[C@H](O)[C@@H]1O. The molecule has 0 spiro atoms. The fourth-order valence-corrected chi connectivity index (χ4v) is 1.25. The van der Waals surface area contributed by atoms with Gasteiger partial charge in [0.2, 0.25) is 12.1 Å². The number of ether oxygens (including phenoxy) is 1. The first-order chi connectivity index (χ1) is 7.31. The van der Waals surface area contributed by atoms with E-state index in [0.29, 0.717) is 0 Å². The molecule has 1 unspecified atom stereocenters. The molecule has 1 fully saturated rings. The standard InChI is InChI=1S/C6H11NO9/c8-1-6(12)4(11)2(9)3(10)5(15-6)16-7(13)14/h2-5,8-12H,1H2/t2-,3+,4+,5?,6+/m1/s1. The van der Waals surface area contributed by atoms with E-state index in [1.54, 1.807) is 0 Å². The maximum absolute atomic E-state index is 10.0. The number of aliphatic hydroxyl groups is 5. The molecule has 1 saturated heterocycles. The Labute approximate surface area is 88.4 Å². The van der Waals surface area contributed by atoms with E-state index in [-0.39, 0.29) is 0 Å². The fraction of sp³-hybridized carbons (Fsp3) is 1.00. The molecule has 1 rings (SSSR count). The van der Waals surface area contributed by atoms with E-state index in [1.165, 1.54) is 0 Å². The van der Waals surface area contributed by atoms with Gasteiger partial charge >= 0.3 is 0 Å². The molecule has 0 radical (unpaired) electrons. The predicted molar refractivity (Wildman–Crippen MR) is 43.0 cm³/mol. The topological polar surface area (TPSA) is 163 Å². The van der Waals surface area contributed by atoms with Crippen LogP contribution >= 0.6 is 0 Å². The monoisotopic (exact) mass is 241 g/mol. The highest BCUT2D eigenvalue weighted by molar-refractivity contribution is 4.93. The summed E-state index contributed by atoms with van der Waals surface area (Å²) in [6.07, 6.45) is -7.94. The van der Waals surface area contributed by atoms with Crippen LogP contribution < -0.4 is 0 Å². The first-order valence-electron chi connectivity index (χ1n) is 4.18. The van der Waals surface area contributed by atoms with Gasteiger partial charge in [-0.2, -0.15) is 0 Å². The van der Waals surface area contributed by atoms with Crippen molar-refractivity contribution in [3.05, 3.63) is 10.1 Å². The number of hydrogen-bond donors (Lipinski definition) is 5. The van der Waals surface area contributed by atoms with Crippen LogP contribution in [0.15, 0.2) is 0 Å². The number of nitrogens with zero attached hydrogens (tertiary/aromatic N) is 1. The van der Waals surface area contributed by atoms with Gasteiger partial charge in [-0.15, -0.1) is 10.1 Å². The smallest absolute Gasteiger partial charge is 0.297 e. The van der Waals surface area contributed by atoms with Crippen LogP contribution in [-0.2, 0) is 9.57 Å². The summed E-state index contributed by atoms with van der Waals surface area (Å²) < 4.78 is 4.41. The van der Waals surface area contributed by atoms with E-state index in [2.05, 4.69) is 9.57 Å². The molecule has 0 amide bonds. The Kier molecular flexibility index (Phi) is 3.62. The second-order valence-electron chi connectivity index (χ2n) is 3.24. The van der Waals surface area contributed by atoms with Crippen molar-refractivity contribution >= 4 is 0 Å². The number of hydrogen-bond acceptors (Lipinski definition) is 9. The maximum Gasteiger partial charge on any atom is 0.297 e. The lowest BCUT2D eigenvalue weighted by Gasteiger charge is -2.43. The molecule has 16 heavy (non-hydrogen) atoms. The average Bonchev–Trinajstić information content (AvgIpc) is 2.22.